The van der Waals surface area contributed by atoms with Crippen LogP contribution in [0, 0.1) is 12.8 Å². The Hall–Kier alpha value is -3.40. The summed E-state index contributed by atoms with van der Waals surface area (Å²) in [4.78, 5) is 15.7. The molecule has 2 aliphatic rings. The number of aryl methyl sites for hydroxylation is 1. The van der Waals surface area contributed by atoms with Crippen molar-refractivity contribution < 1.29 is 13.2 Å². The Morgan fingerprint density at radius 2 is 1.84 bits per heavy atom. The highest BCUT2D eigenvalue weighted by atomic mass is 19.4. The molecule has 4 heterocycles. The van der Waals surface area contributed by atoms with E-state index >= 15 is 0 Å². The normalized spacial score (nSPS) is 18.1. The number of alkyl halides is 3. The number of pyridine rings is 1. The predicted molar refractivity (Wildman–Crippen MR) is 137 cm³/mol. The summed E-state index contributed by atoms with van der Waals surface area (Å²) in [5.41, 5.74) is 2.27. The molecule has 38 heavy (non-hydrogen) atoms. The summed E-state index contributed by atoms with van der Waals surface area (Å²) < 4.78 is 45.0. The maximum absolute atomic E-state index is 14.2. The van der Waals surface area contributed by atoms with Crippen LogP contribution in [0.4, 0.5) is 13.2 Å². The van der Waals surface area contributed by atoms with E-state index in [-0.39, 0.29) is 11.4 Å². The van der Waals surface area contributed by atoms with E-state index in [0.29, 0.717) is 23.7 Å². The molecule has 7 nitrogen and oxygen atoms in total. The average Bonchev–Trinajstić information content (AvgIpc) is 3.44. The summed E-state index contributed by atoms with van der Waals surface area (Å²) in [6.45, 7) is 4.02. The third kappa shape index (κ3) is 4.55. The number of piperidine rings is 1. The second-order valence-electron chi connectivity index (χ2n) is 10.7. The molecule has 3 aromatic heterocycles. The smallest absolute Gasteiger partial charge is 0.299 e. The van der Waals surface area contributed by atoms with Crippen LogP contribution in [0.15, 0.2) is 47.5 Å². The van der Waals surface area contributed by atoms with E-state index in [0.717, 1.165) is 73.0 Å². The van der Waals surface area contributed by atoms with Crippen molar-refractivity contribution in [1.82, 2.24) is 29.3 Å². The number of fused-ring (bicyclic) bond motifs is 1. The van der Waals surface area contributed by atoms with Crippen molar-refractivity contribution in [1.29, 1.82) is 0 Å². The Balaban J connectivity index is 1.43. The van der Waals surface area contributed by atoms with Crippen molar-refractivity contribution >= 4 is 5.52 Å². The van der Waals surface area contributed by atoms with Crippen molar-refractivity contribution in [3.63, 3.8) is 0 Å². The topological polar surface area (TPSA) is 71.2 Å². The van der Waals surface area contributed by atoms with Gasteiger partial charge in [0.05, 0.1) is 28.2 Å². The molecule has 200 valence electrons. The number of benzene rings is 1. The van der Waals surface area contributed by atoms with Crippen LogP contribution in [0.25, 0.3) is 11.2 Å². The molecule has 1 N–H and O–H groups in total. The number of likely N-dealkylation sites (tertiary alicyclic amines) is 1. The average molecular weight is 525 g/mol. The first-order valence-electron chi connectivity index (χ1n) is 13.3. The number of H-pyrrole nitrogens is 1. The fraction of sp³-hybridized carbons (Fsp3) is 0.464. The van der Waals surface area contributed by atoms with E-state index in [9.17, 15) is 18.0 Å². The van der Waals surface area contributed by atoms with Gasteiger partial charge in [0.25, 0.3) is 0 Å². The van der Waals surface area contributed by atoms with Gasteiger partial charge < -0.3 is 0 Å². The highest BCUT2D eigenvalue weighted by Crippen LogP contribution is 2.43. The van der Waals surface area contributed by atoms with Crippen LogP contribution in [0.5, 0.6) is 0 Å². The number of aromatic nitrogens is 5. The SMILES string of the molecule is Cc1n[nH]nc1C(c1cccc(-n2cc3c(C(F)(F)F)cc(CN4CCCCC4)cn3c2=O)c1)C1CCC1. The van der Waals surface area contributed by atoms with E-state index in [2.05, 4.69) is 20.3 Å². The minimum atomic E-state index is -4.58. The third-order valence-electron chi connectivity index (χ3n) is 8.17. The molecular formula is C28H31F3N6O. The first kappa shape index (κ1) is 24.9. The quantitative estimate of drug-likeness (QED) is 0.364. The van der Waals surface area contributed by atoms with Gasteiger partial charge in [-0.2, -0.15) is 28.6 Å². The molecular weight excluding hydrogens is 493 g/mol. The second-order valence-corrected chi connectivity index (χ2v) is 10.7. The highest BCUT2D eigenvalue weighted by Gasteiger charge is 2.35. The van der Waals surface area contributed by atoms with Crippen molar-refractivity contribution in [2.24, 2.45) is 5.92 Å². The molecule has 1 aliphatic heterocycles. The molecule has 0 amide bonds. The van der Waals surface area contributed by atoms with Gasteiger partial charge in [-0.15, -0.1) is 0 Å². The summed E-state index contributed by atoms with van der Waals surface area (Å²) in [7, 11) is 0. The molecule has 1 saturated heterocycles. The van der Waals surface area contributed by atoms with Crippen LogP contribution in [0.3, 0.4) is 0 Å². The lowest BCUT2D eigenvalue weighted by atomic mass is 9.71. The minimum Gasteiger partial charge on any atom is -0.299 e. The van der Waals surface area contributed by atoms with Crippen molar-refractivity contribution in [2.45, 2.75) is 64.1 Å². The summed E-state index contributed by atoms with van der Waals surface area (Å²) >= 11 is 0. The zero-order valence-corrected chi connectivity index (χ0v) is 21.3. The molecule has 0 bridgehead atoms. The summed E-state index contributed by atoms with van der Waals surface area (Å²) in [6.07, 6.45) is 4.83. The zero-order chi connectivity index (χ0) is 26.4. The van der Waals surface area contributed by atoms with E-state index < -0.39 is 17.4 Å². The molecule has 1 saturated carbocycles. The van der Waals surface area contributed by atoms with E-state index in [1.54, 1.807) is 12.3 Å². The van der Waals surface area contributed by atoms with Crippen LogP contribution in [0.1, 0.15) is 72.5 Å². The van der Waals surface area contributed by atoms with Gasteiger partial charge in [-0.25, -0.2) is 4.79 Å². The number of imidazole rings is 1. The van der Waals surface area contributed by atoms with Crippen molar-refractivity contribution in [3.05, 3.63) is 81.3 Å². The van der Waals surface area contributed by atoms with Crippen LogP contribution in [-0.2, 0) is 12.7 Å². The molecule has 1 unspecified atom stereocenters. The Labute approximate surface area is 218 Å². The van der Waals surface area contributed by atoms with Gasteiger partial charge in [0.1, 0.15) is 0 Å². The standard InChI is InChI=1S/C28H31F3N6O/c1-18-26(33-34-32-18)25(20-7-5-8-20)21-9-6-10-22(14-21)36-17-24-23(28(29,30)31)13-19(16-37(24)27(36)38)15-35-11-3-2-4-12-35/h6,9-10,13-14,16-17,20,25H,2-5,7-8,11-12,15H2,1H3,(H,32,33,34). The van der Waals surface area contributed by atoms with Crippen LogP contribution < -0.4 is 5.69 Å². The lowest BCUT2D eigenvalue weighted by molar-refractivity contribution is -0.136. The number of rotatable bonds is 6. The van der Waals surface area contributed by atoms with Gasteiger partial charge in [0, 0.05) is 24.9 Å². The van der Waals surface area contributed by atoms with Crippen LogP contribution in [-0.4, -0.2) is 42.4 Å². The maximum Gasteiger partial charge on any atom is 0.418 e. The monoisotopic (exact) mass is 524 g/mol. The van der Waals surface area contributed by atoms with Gasteiger partial charge in [-0.3, -0.25) is 13.9 Å². The molecule has 10 heteroatoms. The number of aromatic amines is 1. The number of nitrogens with zero attached hydrogens (tertiary/aromatic N) is 5. The van der Waals surface area contributed by atoms with Gasteiger partial charge in [-0.1, -0.05) is 25.0 Å². The van der Waals surface area contributed by atoms with E-state index in [4.69, 9.17) is 0 Å². The number of halogens is 3. The fourth-order valence-corrected chi connectivity index (χ4v) is 6.00. The molecule has 0 radical (unpaired) electrons. The fourth-order valence-electron chi connectivity index (χ4n) is 6.00. The third-order valence-corrected chi connectivity index (χ3v) is 8.17. The highest BCUT2D eigenvalue weighted by molar-refractivity contribution is 5.58. The minimum absolute atomic E-state index is 0.0112. The largest absolute Gasteiger partial charge is 0.418 e. The lowest BCUT2D eigenvalue weighted by Gasteiger charge is -2.33. The Bertz CT molecular complexity index is 1510. The molecule has 4 aromatic rings. The Morgan fingerprint density at radius 3 is 2.50 bits per heavy atom. The first-order valence-corrected chi connectivity index (χ1v) is 13.3. The number of nitrogens with one attached hydrogen (secondary N) is 1. The Kier molecular flexibility index (Phi) is 6.37. The van der Waals surface area contributed by atoms with E-state index in [1.165, 1.54) is 16.8 Å². The van der Waals surface area contributed by atoms with Gasteiger partial charge in [0.15, 0.2) is 0 Å². The maximum atomic E-state index is 14.2. The molecule has 2 fully saturated rings. The molecule has 0 spiro atoms. The van der Waals surface area contributed by atoms with E-state index in [1.807, 2.05) is 25.1 Å². The Morgan fingerprint density at radius 1 is 1.05 bits per heavy atom. The van der Waals surface area contributed by atoms with Gasteiger partial charge in [0.2, 0.25) is 0 Å². The molecule has 1 aliphatic carbocycles. The molecule has 1 atom stereocenters. The second kappa shape index (κ2) is 9.72. The summed E-state index contributed by atoms with van der Waals surface area (Å²) in [6, 6.07) is 8.72. The summed E-state index contributed by atoms with van der Waals surface area (Å²) in [5.74, 6) is 0.421. The van der Waals surface area contributed by atoms with Crippen molar-refractivity contribution in [2.75, 3.05) is 13.1 Å². The summed E-state index contributed by atoms with van der Waals surface area (Å²) in [5, 5.41) is 11.3. The van der Waals surface area contributed by atoms with Gasteiger partial charge >= 0.3 is 11.9 Å². The van der Waals surface area contributed by atoms with Crippen molar-refractivity contribution in [3.8, 4) is 5.69 Å². The predicted octanol–water partition coefficient (Wildman–Crippen LogP) is 5.45. The van der Waals surface area contributed by atoms with Crippen LogP contribution >= 0.6 is 0 Å². The number of hydrogen-bond donors (Lipinski definition) is 1. The molecule has 1 aromatic carbocycles. The number of hydrogen-bond acceptors (Lipinski definition) is 4. The first-order chi connectivity index (χ1) is 18.3. The zero-order valence-electron chi connectivity index (χ0n) is 21.3. The van der Waals surface area contributed by atoms with Crippen LogP contribution in [0.2, 0.25) is 0 Å². The lowest BCUT2D eigenvalue weighted by Crippen LogP contribution is -2.29. The van der Waals surface area contributed by atoms with Gasteiger partial charge in [-0.05, 0) is 80.9 Å². The molecule has 6 rings (SSSR count).